The average molecular weight is 540 g/mol. The summed E-state index contributed by atoms with van der Waals surface area (Å²) in [5.41, 5.74) is 3.31. The zero-order chi connectivity index (χ0) is 28.5. The summed E-state index contributed by atoms with van der Waals surface area (Å²) in [6.45, 7) is 4.20. The minimum Gasteiger partial charge on any atom is -0.306 e. The Morgan fingerprint density at radius 3 is 2.33 bits per heavy atom. The number of fused-ring (bicyclic) bond motifs is 1. The number of carbonyl (C=O) groups excluding carboxylic acids is 2. The van der Waals surface area contributed by atoms with Crippen LogP contribution in [-0.2, 0) is 9.59 Å². The van der Waals surface area contributed by atoms with E-state index in [1.807, 2.05) is 66.4 Å². The molecule has 208 valence electrons. The third-order valence-corrected chi connectivity index (χ3v) is 7.43. The van der Waals surface area contributed by atoms with E-state index in [4.69, 9.17) is 0 Å². The maximum Gasteiger partial charge on any atom is 0.269 e. The fraction of sp³-hybridized carbons (Fsp3) is 0.333. The van der Waals surface area contributed by atoms with Gasteiger partial charge in [-0.15, -0.1) is 0 Å². The van der Waals surface area contributed by atoms with Crippen LogP contribution in [-0.4, -0.2) is 22.8 Å². The number of hydrogen-bond donors (Lipinski definition) is 0. The zero-order valence-electron chi connectivity index (χ0n) is 23.2. The fourth-order valence-corrected chi connectivity index (χ4v) is 5.40. The van der Waals surface area contributed by atoms with Crippen LogP contribution in [0.2, 0.25) is 0 Å². The van der Waals surface area contributed by atoms with Crippen LogP contribution in [0.5, 0.6) is 0 Å². The lowest BCUT2D eigenvalue weighted by molar-refractivity contribution is -0.384. The van der Waals surface area contributed by atoms with Crippen molar-refractivity contribution < 1.29 is 14.5 Å². The van der Waals surface area contributed by atoms with Crippen molar-refractivity contribution in [2.24, 2.45) is 0 Å². The Balaban J connectivity index is 1.60. The van der Waals surface area contributed by atoms with Crippen molar-refractivity contribution in [1.82, 2.24) is 0 Å². The highest BCUT2D eigenvalue weighted by Crippen LogP contribution is 2.42. The van der Waals surface area contributed by atoms with E-state index in [1.54, 1.807) is 23.1 Å². The van der Waals surface area contributed by atoms with Gasteiger partial charge in [0.2, 0.25) is 5.91 Å². The van der Waals surface area contributed by atoms with E-state index in [0.717, 1.165) is 36.2 Å². The number of non-ortho nitro benzene ring substituents is 1. The highest BCUT2D eigenvalue weighted by Gasteiger charge is 2.37. The van der Waals surface area contributed by atoms with Gasteiger partial charge in [-0.1, -0.05) is 69.0 Å². The van der Waals surface area contributed by atoms with E-state index in [0.29, 0.717) is 18.4 Å². The topological polar surface area (TPSA) is 83.8 Å². The highest BCUT2D eigenvalue weighted by atomic mass is 16.6. The normalized spacial score (nSPS) is 16.5. The maximum atomic E-state index is 13.7. The molecule has 7 heteroatoms. The Morgan fingerprint density at radius 1 is 0.950 bits per heavy atom. The molecule has 0 aliphatic carbocycles. The van der Waals surface area contributed by atoms with E-state index in [2.05, 4.69) is 6.92 Å². The quantitative estimate of drug-likeness (QED) is 0.107. The van der Waals surface area contributed by atoms with Gasteiger partial charge in [0.1, 0.15) is 0 Å². The Labute approximate surface area is 236 Å². The van der Waals surface area contributed by atoms with Crippen LogP contribution in [0.1, 0.15) is 76.0 Å². The van der Waals surface area contributed by atoms with Gasteiger partial charge in [-0.05, 0) is 67.3 Å². The summed E-state index contributed by atoms with van der Waals surface area (Å²) in [6, 6.07) is 23.4. The summed E-state index contributed by atoms with van der Waals surface area (Å²) in [5, 5.41) is 10.9. The standard InChI is InChI=1S/C33H37N3O4/c1-3-4-5-6-10-17-32(37)35(27-13-8-7-9-14-27)31-24-25(2)34(30-16-12-11-15-29(30)31)33(38)23-20-26-18-21-28(22-19-26)36(39)40/h7-9,11-16,18-23,25,31H,3-6,10,17,24H2,1-2H3/b23-20+/t25-,31-/m1/s1. The number of rotatable bonds is 11. The van der Waals surface area contributed by atoms with Gasteiger partial charge < -0.3 is 9.80 Å². The van der Waals surface area contributed by atoms with E-state index in [9.17, 15) is 19.7 Å². The molecule has 0 saturated heterocycles. The van der Waals surface area contributed by atoms with Crippen LogP contribution in [0.3, 0.4) is 0 Å². The summed E-state index contributed by atoms with van der Waals surface area (Å²) in [5.74, 6) is -0.0715. The summed E-state index contributed by atoms with van der Waals surface area (Å²) in [4.78, 5) is 41.4. The molecule has 0 fully saturated rings. The Kier molecular flexibility index (Phi) is 9.84. The molecule has 40 heavy (non-hydrogen) atoms. The number of amides is 2. The van der Waals surface area contributed by atoms with Gasteiger partial charge in [-0.25, -0.2) is 0 Å². The highest BCUT2D eigenvalue weighted by molar-refractivity contribution is 6.05. The van der Waals surface area contributed by atoms with Gasteiger partial charge in [0.15, 0.2) is 0 Å². The van der Waals surface area contributed by atoms with Crippen molar-refractivity contribution in [3.63, 3.8) is 0 Å². The molecule has 4 rings (SSSR count). The van der Waals surface area contributed by atoms with Crippen molar-refractivity contribution in [1.29, 1.82) is 0 Å². The number of nitro benzene ring substituents is 1. The van der Waals surface area contributed by atoms with Crippen molar-refractivity contribution >= 4 is 35.0 Å². The van der Waals surface area contributed by atoms with Gasteiger partial charge in [0.05, 0.1) is 11.0 Å². The first-order valence-electron chi connectivity index (χ1n) is 14.1. The zero-order valence-corrected chi connectivity index (χ0v) is 23.2. The largest absolute Gasteiger partial charge is 0.306 e. The number of benzene rings is 3. The van der Waals surface area contributed by atoms with Gasteiger partial charge in [0.25, 0.3) is 11.6 Å². The van der Waals surface area contributed by atoms with E-state index < -0.39 is 4.92 Å². The molecule has 1 aliphatic heterocycles. The SMILES string of the molecule is CCCCCCCC(=O)N(c1ccccc1)[C@@H]1C[C@@H](C)N(C(=O)/C=C/c2ccc([N+](=O)[O-])cc2)c2ccccc21. The number of nitro groups is 1. The molecule has 2 amide bonds. The van der Waals surface area contributed by atoms with Crippen LogP contribution in [0.25, 0.3) is 6.08 Å². The minimum absolute atomic E-state index is 0.00609. The molecule has 7 nitrogen and oxygen atoms in total. The molecule has 0 saturated carbocycles. The van der Waals surface area contributed by atoms with Crippen molar-refractivity contribution in [3.8, 4) is 0 Å². The molecule has 0 spiro atoms. The molecule has 0 unspecified atom stereocenters. The summed E-state index contributed by atoms with van der Waals surface area (Å²) in [7, 11) is 0. The molecule has 1 heterocycles. The van der Waals surface area contributed by atoms with Crippen LogP contribution < -0.4 is 9.80 Å². The Hall–Kier alpha value is -4.26. The summed E-state index contributed by atoms with van der Waals surface area (Å²) < 4.78 is 0. The summed E-state index contributed by atoms with van der Waals surface area (Å²) in [6.07, 6.45) is 9.68. The number of hydrogen-bond acceptors (Lipinski definition) is 4. The molecule has 0 radical (unpaired) electrons. The van der Waals surface area contributed by atoms with Gasteiger partial charge >= 0.3 is 0 Å². The number of para-hydroxylation sites is 2. The van der Waals surface area contributed by atoms with Crippen LogP contribution in [0.4, 0.5) is 17.1 Å². The molecular formula is C33H37N3O4. The van der Waals surface area contributed by atoms with Gasteiger partial charge in [-0.3, -0.25) is 19.7 Å². The first-order chi connectivity index (χ1) is 19.4. The van der Waals surface area contributed by atoms with Crippen LogP contribution >= 0.6 is 0 Å². The molecule has 3 aromatic rings. The smallest absolute Gasteiger partial charge is 0.269 e. The predicted molar refractivity (Wildman–Crippen MR) is 160 cm³/mol. The molecule has 0 bridgehead atoms. The average Bonchev–Trinajstić information content (AvgIpc) is 2.97. The number of unbranched alkanes of at least 4 members (excludes halogenated alkanes) is 4. The van der Waals surface area contributed by atoms with Crippen molar-refractivity contribution in [2.45, 2.75) is 70.9 Å². The maximum absolute atomic E-state index is 13.7. The molecule has 2 atom stereocenters. The molecule has 1 aliphatic rings. The van der Waals surface area contributed by atoms with Crippen LogP contribution in [0.15, 0.2) is 84.9 Å². The molecule has 3 aromatic carbocycles. The second kappa shape index (κ2) is 13.7. The third-order valence-electron chi connectivity index (χ3n) is 7.43. The van der Waals surface area contributed by atoms with E-state index in [1.165, 1.54) is 31.1 Å². The lowest BCUT2D eigenvalue weighted by Crippen LogP contribution is -2.47. The van der Waals surface area contributed by atoms with Crippen molar-refractivity contribution in [2.75, 3.05) is 9.80 Å². The lowest BCUT2D eigenvalue weighted by Gasteiger charge is -2.43. The predicted octanol–water partition coefficient (Wildman–Crippen LogP) is 7.87. The third kappa shape index (κ3) is 6.84. The Morgan fingerprint density at radius 2 is 1.62 bits per heavy atom. The number of nitrogens with zero attached hydrogens (tertiary/aromatic N) is 3. The fourth-order valence-electron chi connectivity index (χ4n) is 5.40. The molecule has 0 N–H and O–H groups in total. The second-order valence-electron chi connectivity index (χ2n) is 10.3. The first-order valence-corrected chi connectivity index (χ1v) is 14.1. The molecular weight excluding hydrogens is 502 g/mol. The van der Waals surface area contributed by atoms with E-state index >= 15 is 0 Å². The van der Waals surface area contributed by atoms with Gasteiger partial charge in [0, 0.05) is 42.0 Å². The Bertz CT molecular complexity index is 1340. The van der Waals surface area contributed by atoms with Gasteiger partial charge in [-0.2, -0.15) is 0 Å². The summed E-state index contributed by atoms with van der Waals surface area (Å²) >= 11 is 0. The second-order valence-corrected chi connectivity index (χ2v) is 10.3. The number of anilines is 2. The molecule has 0 aromatic heterocycles. The first kappa shape index (κ1) is 28.7. The van der Waals surface area contributed by atoms with Crippen LogP contribution in [0, 0.1) is 10.1 Å². The monoisotopic (exact) mass is 539 g/mol. The lowest BCUT2D eigenvalue weighted by atomic mass is 9.89. The van der Waals surface area contributed by atoms with Crippen molar-refractivity contribution in [3.05, 3.63) is 106 Å². The van der Waals surface area contributed by atoms with E-state index in [-0.39, 0.29) is 29.6 Å². The minimum atomic E-state index is -0.447. The number of carbonyl (C=O) groups is 2.